The van der Waals surface area contributed by atoms with Gasteiger partial charge in [-0.15, -0.1) is 0 Å². The first kappa shape index (κ1) is 17.4. The van der Waals surface area contributed by atoms with E-state index in [1.165, 1.54) is 6.42 Å². The highest BCUT2D eigenvalue weighted by molar-refractivity contribution is 5.95. The van der Waals surface area contributed by atoms with Crippen LogP contribution in [-0.4, -0.2) is 48.6 Å². The van der Waals surface area contributed by atoms with Crippen LogP contribution in [0.3, 0.4) is 0 Å². The number of nitrogens with one attached hydrogen (secondary N) is 1. The lowest BCUT2D eigenvalue weighted by Crippen LogP contribution is -2.40. The number of carbonyl (C=O) groups is 1. The average molecular weight is 339 g/mol. The third-order valence-corrected chi connectivity index (χ3v) is 4.79. The van der Waals surface area contributed by atoms with E-state index in [0.717, 1.165) is 30.8 Å². The first-order valence-corrected chi connectivity index (χ1v) is 8.84. The molecule has 132 valence electrons. The van der Waals surface area contributed by atoms with Crippen LogP contribution in [0.15, 0.2) is 42.6 Å². The first-order valence-electron chi connectivity index (χ1n) is 8.84. The number of likely N-dealkylation sites (N-methyl/N-ethyl adjacent to an activating group) is 1. The molecule has 3 rings (SSSR count). The topological polar surface area (TPSA) is 54.5 Å². The van der Waals surface area contributed by atoms with Crippen molar-refractivity contribution in [2.45, 2.75) is 25.8 Å². The molecule has 2 aromatic rings. The summed E-state index contributed by atoms with van der Waals surface area (Å²) in [7, 11) is 1.62. The Labute approximate surface area is 149 Å². The highest BCUT2D eigenvalue weighted by Gasteiger charge is 2.23. The highest BCUT2D eigenvalue weighted by Crippen LogP contribution is 2.27. The summed E-state index contributed by atoms with van der Waals surface area (Å²) in [4.78, 5) is 19.4. The SMILES string of the molecule is CCN1CCC[C@H]1CNC(=O)c1cccc(-c2ncccc2OC)c1. The Balaban J connectivity index is 1.71. The molecule has 1 aromatic carbocycles. The number of hydrogen-bond donors (Lipinski definition) is 1. The highest BCUT2D eigenvalue weighted by atomic mass is 16.5. The van der Waals surface area contributed by atoms with E-state index < -0.39 is 0 Å². The number of nitrogens with zero attached hydrogens (tertiary/aromatic N) is 2. The summed E-state index contributed by atoms with van der Waals surface area (Å²) < 4.78 is 5.37. The summed E-state index contributed by atoms with van der Waals surface area (Å²) in [6, 6.07) is 11.7. The molecule has 0 bridgehead atoms. The second kappa shape index (κ2) is 8.12. The molecule has 1 atom stereocenters. The number of carbonyl (C=O) groups excluding carboxylic acids is 1. The minimum absolute atomic E-state index is 0.0419. The van der Waals surface area contributed by atoms with E-state index in [1.807, 2.05) is 36.4 Å². The van der Waals surface area contributed by atoms with Gasteiger partial charge in [-0.1, -0.05) is 19.1 Å². The summed E-state index contributed by atoms with van der Waals surface area (Å²) >= 11 is 0. The molecule has 1 aliphatic rings. The minimum Gasteiger partial charge on any atom is -0.494 e. The number of pyridine rings is 1. The van der Waals surface area contributed by atoms with Crippen molar-refractivity contribution in [2.75, 3.05) is 26.7 Å². The third-order valence-electron chi connectivity index (χ3n) is 4.79. The van der Waals surface area contributed by atoms with Crippen LogP contribution in [0.25, 0.3) is 11.3 Å². The maximum absolute atomic E-state index is 12.6. The molecule has 1 N–H and O–H groups in total. The van der Waals surface area contributed by atoms with Crippen molar-refractivity contribution in [3.63, 3.8) is 0 Å². The second-order valence-corrected chi connectivity index (χ2v) is 6.27. The Morgan fingerprint density at radius 3 is 3.04 bits per heavy atom. The molecule has 5 heteroatoms. The summed E-state index contributed by atoms with van der Waals surface area (Å²) in [5.74, 6) is 0.657. The van der Waals surface area contributed by atoms with E-state index in [4.69, 9.17) is 4.74 Å². The van der Waals surface area contributed by atoms with Crippen LogP contribution >= 0.6 is 0 Å². The van der Waals surface area contributed by atoms with Crippen molar-refractivity contribution in [3.05, 3.63) is 48.2 Å². The fourth-order valence-electron chi connectivity index (χ4n) is 3.43. The standard InChI is InChI=1S/C20H25N3O2/c1-3-23-12-6-9-17(23)14-22-20(24)16-8-4-7-15(13-16)19-18(25-2)10-5-11-21-19/h4-5,7-8,10-11,13,17H,3,6,9,12,14H2,1-2H3,(H,22,24)/t17-/m0/s1. The Morgan fingerprint density at radius 1 is 1.36 bits per heavy atom. The monoisotopic (exact) mass is 339 g/mol. The number of methoxy groups -OCH3 is 1. The summed E-state index contributed by atoms with van der Waals surface area (Å²) in [5, 5.41) is 3.08. The Bertz CT molecular complexity index is 732. The van der Waals surface area contributed by atoms with Crippen LogP contribution in [0.2, 0.25) is 0 Å². The number of aromatic nitrogens is 1. The summed E-state index contributed by atoms with van der Waals surface area (Å²) in [6.07, 6.45) is 4.09. The van der Waals surface area contributed by atoms with Gasteiger partial charge in [0, 0.05) is 29.9 Å². The number of rotatable bonds is 6. The van der Waals surface area contributed by atoms with Crippen LogP contribution in [0.5, 0.6) is 5.75 Å². The van der Waals surface area contributed by atoms with Crippen LogP contribution in [0, 0.1) is 0 Å². The van der Waals surface area contributed by atoms with E-state index in [2.05, 4.69) is 22.1 Å². The molecule has 25 heavy (non-hydrogen) atoms. The number of likely N-dealkylation sites (tertiary alicyclic amines) is 1. The second-order valence-electron chi connectivity index (χ2n) is 6.27. The van der Waals surface area contributed by atoms with Crippen molar-refractivity contribution < 1.29 is 9.53 Å². The fraction of sp³-hybridized carbons (Fsp3) is 0.400. The molecule has 0 aliphatic carbocycles. The van der Waals surface area contributed by atoms with Gasteiger partial charge >= 0.3 is 0 Å². The van der Waals surface area contributed by atoms with Gasteiger partial charge in [0.05, 0.1) is 7.11 Å². The predicted octanol–water partition coefficient (Wildman–Crippen LogP) is 2.97. The van der Waals surface area contributed by atoms with Crippen LogP contribution < -0.4 is 10.1 Å². The van der Waals surface area contributed by atoms with Crippen molar-refractivity contribution in [1.29, 1.82) is 0 Å². The van der Waals surface area contributed by atoms with Crippen LogP contribution in [-0.2, 0) is 0 Å². The lowest BCUT2D eigenvalue weighted by Gasteiger charge is -2.22. The minimum atomic E-state index is -0.0419. The molecule has 0 radical (unpaired) electrons. The van der Waals surface area contributed by atoms with Crippen molar-refractivity contribution in [2.24, 2.45) is 0 Å². The maximum atomic E-state index is 12.6. The predicted molar refractivity (Wildman–Crippen MR) is 98.8 cm³/mol. The van der Waals surface area contributed by atoms with Gasteiger partial charge in [-0.2, -0.15) is 0 Å². The zero-order valence-electron chi connectivity index (χ0n) is 14.9. The van der Waals surface area contributed by atoms with Gasteiger partial charge in [0.1, 0.15) is 11.4 Å². The molecule has 1 saturated heterocycles. The lowest BCUT2D eigenvalue weighted by molar-refractivity contribution is 0.0941. The van der Waals surface area contributed by atoms with Gasteiger partial charge in [0.2, 0.25) is 0 Å². The zero-order chi connectivity index (χ0) is 17.6. The first-order chi connectivity index (χ1) is 12.2. The molecule has 2 heterocycles. The van der Waals surface area contributed by atoms with E-state index in [0.29, 0.717) is 23.9 Å². The number of amides is 1. The van der Waals surface area contributed by atoms with E-state index >= 15 is 0 Å². The third kappa shape index (κ3) is 3.99. The largest absolute Gasteiger partial charge is 0.494 e. The average Bonchev–Trinajstić information content (AvgIpc) is 3.13. The van der Waals surface area contributed by atoms with Gasteiger partial charge in [-0.3, -0.25) is 14.7 Å². The van der Waals surface area contributed by atoms with Gasteiger partial charge in [0.15, 0.2) is 0 Å². The van der Waals surface area contributed by atoms with Crippen molar-refractivity contribution in [1.82, 2.24) is 15.2 Å². The molecular formula is C20H25N3O2. The number of ether oxygens (including phenoxy) is 1. The lowest BCUT2D eigenvalue weighted by atomic mass is 10.1. The summed E-state index contributed by atoms with van der Waals surface area (Å²) in [6.45, 7) is 5.04. The molecule has 5 nitrogen and oxygen atoms in total. The molecule has 1 aromatic heterocycles. The Hall–Kier alpha value is -2.40. The fourth-order valence-corrected chi connectivity index (χ4v) is 3.43. The van der Waals surface area contributed by atoms with Gasteiger partial charge in [0.25, 0.3) is 5.91 Å². The Morgan fingerprint density at radius 2 is 2.24 bits per heavy atom. The van der Waals surface area contributed by atoms with Gasteiger partial charge in [-0.25, -0.2) is 0 Å². The summed E-state index contributed by atoms with van der Waals surface area (Å²) in [5.41, 5.74) is 2.26. The Kier molecular flexibility index (Phi) is 5.66. The molecule has 0 unspecified atom stereocenters. The van der Waals surface area contributed by atoms with Gasteiger partial charge in [-0.05, 0) is 50.2 Å². The van der Waals surface area contributed by atoms with Crippen molar-refractivity contribution >= 4 is 5.91 Å². The van der Waals surface area contributed by atoms with Gasteiger partial charge < -0.3 is 10.1 Å². The molecule has 1 fully saturated rings. The number of hydrogen-bond acceptors (Lipinski definition) is 4. The molecular weight excluding hydrogens is 314 g/mol. The van der Waals surface area contributed by atoms with Crippen molar-refractivity contribution in [3.8, 4) is 17.0 Å². The zero-order valence-corrected chi connectivity index (χ0v) is 14.9. The van der Waals surface area contributed by atoms with Crippen LogP contribution in [0.4, 0.5) is 0 Å². The smallest absolute Gasteiger partial charge is 0.251 e. The maximum Gasteiger partial charge on any atom is 0.251 e. The number of benzene rings is 1. The molecule has 0 spiro atoms. The van der Waals surface area contributed by atoms with Crippen LogP contribution in [0.1, 0.15) is 30.1 Å². The quantitative estimate of drug-likeness (QED) is 0.879. The normalized spacial score (nSPS) is 17.4. The van der Waals surface area contributed by atoms with E-state index in [-0.39, 0.29) is 5.91 Å². The molecule has 1 amide bonds. The molecule has 0 saturated carbocycles. The van der Waals surface area contributed by atoms with E-state index in [9.17, 15) is 4.79 Å². The molecule has 1 aliphatic heterocycles. The van der Waals surface area contributed by atoms with E-state index in [1.54, 1.807) is 13.3 Å².